The van der Waals surface area contributed by atoms with Crippen molar-refractivity contribution in [1.29, 1.82) is 0 Å². The van der Waals surface area contributed by atoms with Crippen molar-refractivity contribution in [3.05, 3.63) is 60.2 Å². The van der Waals surface area contributed by atoms with Gasteiger partial charge in [-0.05, 0) is 49.5 Å². The zero-order valence-corrected chi connectivity index (χ0v) is 17.7. The Bertz CT molecular complexity index is 1190. The van der Waals surface area contributed by atoms with Crippen LogP contribution in [0.4, 0.5) is 9.52 Å². The summed E-state index contributed by atoms with van der Waals surface area (Å²) < 4.78 is 14.4. The molecule has 154 valence electrons. The average Bonchev–Trinajstić information content (AvgIpc) is 3.18. The van der Waals surface area contributed by atoms with Crippen LogP contribution in [0.15, 0.2) is 48.8 Å². The number of carbonyl (C=O) groups is 1. The highest BCUT2D eigenvalue weighted by atomic mass is 32.1. The molecular weight excluding hydrogens is 401 g/mol. The summed E-state index contributed by atoms with van der Waals surface area (Å²) in [6.45, 7) is 7.19. The van der Waals surface area contributed by atoms with Crippen LogP contribution < -0.4 is 4.90 Å². The van der Waals surface area contributed by atoms with Crippen molar-refractivity contribution >= 4 is 43.6 Å². The van der Waals surface area contributed by atoms with E-state index in [4.69, 9.17) is 0 Å². The quantitative estimate of drug-likeness (QED) is 0.442. The Hall–Kier alpha value is -2.97. The van der Waals surface area contributed by atoms with Gasteiger partial charge in [0.25, 0.3) is 5.91 Å². The van der Waals surface area contributed by atoms with Crippen LogP contribution in [0.3, 0.4) is 0 Å². The third kappa shape index (κ3) is 4.15. The van der Waals surface area contributed by atoms with Gasteiger partial charge in [0, 0.05) is 31.0 Å². The topological polar surface area (TPSA) is 62.2 Å². The van der Waals surface area contributed by atoms with Gasteiger partial charge in [-0.25, -0.2) is 9.37 Å². The Kier molecular flexibility index (Phi) is 5.96. The van der Waals surface area contributed by atoms with Gasteiger partial charge in [-0.1, -0.05) is 25.2 Å². The van der Waals surface area contributed by atoms with Gasteiger partial charge in [0.05, 0.1) is 21.3 Å². The number of likely N-dealkylation sites (N-methyl/N-ethyl adjacent to an activating group) is 1. The first-order valence-electron chi connectivity index (χ1n) is 9.90. The Labute approximate surface area is 178 Å². The van der Waals surface area contributed by atoms with Crippen molar-refractivity contribution < 1.29 is 9.18 Å². The van der Waals surface area contributed by atoms with E-state index in [2.05, 4.69) is 33.7 Å². The second-order valence-electron chi connectivity index (χ2n) is 6.85. The maximum absolute atomic E-state index is 13.6. The number of thiazole rings is 1. The lowest BCUT2D eigenvalue weighted by Crippen LogP contribution is -2.38. The monoisotopic (exact) mass is 423 g/mol. The van der Waals surface area contributed by atoms with E-state index < -0.39 is 0 Å². The molecule has 30 heavy (non-hydrogen) atoms. The Morgan fingerprint density at radius 3 is 2.47 bits per heavy atom. The second-order valence-corrected chi connectivity index (χ2v) is 7.86. The molecule has 4 aromatic rings. The molecule has 6 nitrogen and oxygen atoms in total. The first kappa shape index (κ1) is 20.3. The molecule has 0 unspecified atom stereocenters. The largest absolute Gasteiger partial charge is 0.302 e. The molecule has 0 spiro atoms. The van der Waals surface area contributed by atoms with Gasteiger partial charge < -0.3 is 4.90 Å². The summed E-state index contributed by atoms with van der Waals surface area (Å²) in [5.74, 6) is -0.471. The predicted octanol–water partition coefficient (Wildman–Crippen LogP) is 4.37. The number of halogens is 1. The molecule has 0 saturated carbocycles. The average molecular weight is 424 g/mol. The zero-order chi connectivity index (χ0) is 21.1. The highest BCUT2D eigenvalue weighted by Crippen LogP contribution is 2.30. The van der Waals surface area contributed by atoms with Crippen LogP contribution in [0.25, 0.3) is 21.3 Å². The second kappa shape index (κ2) is 8.81. The molecule has 8 heteroatoms. The molecule has 0 N–H and O–H groups in total. The lowest BCUT2D eigenvalue weighted by atomic mass is 10.1. The van der Waals surface area contributed by atoms with Gasteiger partial charge in [0.15, 0.2) is 5.13 Å². The molecule has 0 fully saturated rings. The van der Waals surface area contributed by atoms with E-state index in [1.807, 2.05) is 0 Å². The van der Waals surface area contributed by atoms with Gasteiger partial charge in [0.1, 0.15) is 5.82 Å². The SMILES string of the molecule is CCN(CC)CCN(C(=O)c1ccc2nccnc2c1)c1nc2ccc(F)cc2s1. The number of benzene rings is 2. The van der Waals surface area contributed by atoms with Crippen LogP contribution in [-0.2, 0) is 0 Å². The summed E-state index contributed by atoms with van der Waals surface area (Å²) in [6.07, 6.45) is 3.23. The van der Waals surface area contributed by atoms with Crippen molar-refractivity contribution in [3.8, 4) is 0 Å². The van der Waals surface area contributed by atoms with Gasteiger partial charge in [-0.3, -0.25) is 19.7 Å². The molecule has 0 aliphatic heterocycles. The summed E-state index contributed by atoms with van der Waals surface area (Å²) in [5.41, 5.74) is 2.60. The maximum atomic E-state index is 13.6. The molecule has 0 aliphatic rings. The van der Waals surface area contributed by atoms with Gasteiger partial charge in [0.2, 0.25) is 0 Å². The molecule has 0 atom stereocenters. The number of fused-ring (bicyclic) bond motifs is 2. The molecule has 1 amide bonds. The number of rotatable bonds is 7. The minimum atomic E-state index is -0.313. The molecule has 0 bridgehead atoms. The van der Waals surface area contributed by atoms with Crippen molar-refractivity contribution in [1.82, 2.24) is 19.9 Å². The number of nitrogens with zero attached hydrogens (tertiary/aromatic N) is 5. The standard InChI is InChI=1S/C22H22FN5OS/c1-3-27(4-2)11-12-28(22-26-18-8-6-16(23)14-20(18)30-22)21(29)15-5-7-17-19(13-15)25-10-9-24-17/h5-10,13-14H,3-4,11-12H2,1-2H3. The first-order chi connectivity index (χ1) is 14.6. The van der Waals surface area contributed by atoms with Gasteiger partial charge in [-0.15, -0.1) is 0 Å². The fourth-order valence-corrected chi connectivity index (χ4v) is 4.33. The van der Waals surface area contributed by atoms with Crippen LogP contribution in [0.2, 0.25) is 0 Å². The van der Waals surface area contributed by atoms with E-state index in [1.54, 1.807) is 41.6 Å². The third-order valence-electron chi connectivity index (χ3n) is 5.07. The number of hydrogen-bond acceptors (Lipinski definition) is 6. The number of hydrogen-bond donors (Lipinski definition) is 0. The summed E-state index contributed by atoms with van der Waals surface area (Å²) in [6, 6.07) is 9.79. The molecular formula is C22H22FN5OS. The van der Waals surface area contributed by atoms with Crippen molar-refractivity contribution in [2.45, 2.75) is 13.8 Å². The molecule has 0 saturated heterocycles. The highest BCUT2D eigenvalue weighted by molar-refractivity contribution is 7.22. The third-order valence-corrected chi connectivity index (χ3v) is 6.11. The lowest BCUT2D eigenvalue weighted by molar-refractivity contribution is 0.0984. The van der Waals surface area contributed by atoms with Crippen molar-refractivity contribution in [2.24, 2.45) is 0 Å². The summed E-state index contributed by atoms with van der Waals surface area (Å²) in [7, 11) is 0. The predicted molar refractivity (Wildman–Crippen MR) is 119 cm³/mol. The van der Waals surface area contributed by atoms with E-state index in [0.717, 1.165) is 29.9 Å². The van der Waals surface area contributed by atoms with Crippen LogP contribution in [-0.4, -0.2) is 51.9 Å². The Morgan fingerprint density at radius 2 is 1.70 bits per heavy atom. The fourth-order valence-electron chi connectivity index (χ4n) is 3.32. The normalized spacial score (nSPS) is 11.5. The minimum Gasteiger partial charge on any atom is -0.302 e. The van der Waals surface area contributed by atoms with Gasteiger partial charge >= 0.3 is 0 Å². The molecule has 2 aromatic heterocycles. The molecule has 0 radical (unpaired) electrons. The Balaban J connectivity index is 1.71. The molecule has 4 rings (SSSR count). The molecule has 2 heterocycles. The van der Waals surface area contributed by atoms with E-state index >= 15 is 0 Å². The smallest absolute Gasteiger partial charge is 0.260 e. The number of amides is 1. The van der Waals surface area contributed by atoms with E-state index in [1.165, 1.54) is 23.5 Å². The van der Waals surface area contributed by atoms with Crippen molar-refractivity contribution in [2.75, 3.05) is 31.1 Å². The highest BCUT2D eigenvalue weighted by Gasteiger charge is 2.22. The first-order valence-corrected chi connectivity index (χ1v) is 10.7. The molecule has 0 aliphatic carbocycles. The Morgan fingerprint density at radius 1 is 0.967 bits per heavy atom. The van der Waals surface area contributed by atoms with Crippen LogP contribution in [0.5, 0.6) is 0 Å². The summed E-state index contributed by atoms with van der Waals surface area (Å²) in [4.78, 5) is 30.6. The molecule has 2 aromatic carbocycles. The number of anilines is 1. The van der Waals surface area contributed by atoms with Crippen LogP contribution in [0.1, 0.15) is 24.2 Å². The van der Waals surface area contributed by atoms with Crippen LogP contribution >= 0.6 is 11.3 Å². The lowest BCUT2D eigenvalue weighted by Gasteiger charge is -2.24. The fraction of sp³-hybridized carbons (Fsp3) is 0.273. The maximum Gasteiger partial charge on any atom is 0.260 e. The van der Waals surface area contributed by atoms with Crippen molar-refractivity contribution in [3.63, 3.8) is 0 Å². The summed E-state index contributed by atoms with van der Waals surface area (Å²) in [5, 5.41) is 0.562. The van der Waals surface area contributed by atoms with E-state index in [-0.39, 0.29) is 11.7 Å². The zero-order valence-electron chi connectivity index (χ0n) is 16.9. The minimum absolute atomic E-state index is 0.158. The van der Waals surface area contributed by atoms with E-state index in [9.17, 15) is 9.18 Å². The number of aromatic nitrogens is 3. The summed E-state index contributed by atoms with van der Waals surface area (Å²) >= 11 is 1.32. The number of carbonyl (C=O) groups excluding carboxylic acids is 1. The van der Waals surface area contributed by atoms with Crippen LogP contribution in [0, 0.1) is 5.82 Å². The van der Waals surface area contributed by atoms with E-state index in [0.29, 0.717) is 28.3 Å². The van der Waals surface area contributed by atoms with Gasteiger partial charge in [-0.2, -0.15) is 0 Å².